The fourth-order valence-electron chi connectivity index (χ4n) is 3.07. The number of amides is 2. The van der Waals surface area contributed by atoms with Gasteiger partial charge in [-0.1, -0.05) is 25.4 Å². The predicted molar refractivity (Wildman–Crippen MR) is 103 cm³/mol. The molecule has 0 bridgehead atoms. The highest BCUT2D eigenvalue weighted by atomic mass is 35.5. The Kier molecular flexibility index (Phi) is 5.69. The molecule has 1 fully saturated rings. The summed E-state index contributed by atoms with van der Waals surface area (Å²) in [7, 11) is 0. The van der Waals surface area contributed by atoms with E-state index in [1.54, 1.807) is 21.9 Å². The first-order chi connectivity index (χ1) is 13.3. The van der Waals surface area contributed by atoms with Crippen LogP contribution in [0.3, 0.4) is 0 Å². The van der Waals surface area contributed by atoms with Gasteiger partial charge in [-0.2, -0.15) is 0 Å². The SMILES string of the molecule is CC(C)C(=O)N1CCN(C(=O)c2ccc(-c3ccc([N+](=O)[O-])cc3Cl)o2)CC1. The number of hydrogen-bond donors (Lipinski definition) is 0. The van der Waals surface area contributed by atoms with E-state index in [1.807, 2.05) is 13.8 Å². The molecule has 148 valence electrons. The summed E-state index contributed by atoms with van der Waals surface area (Å²) in [5.41, 5.74) is 0.351. The third-order valence-corrected chi connectivity index (χ3v) is 4.93. The standard InChI is InChI=1S/C19H20ClN3O5/c1-12(2)18(24)21-7-9-22(10-8-21)19(25)17-6-5-16(28-17)14-4-3-13(23(26)27)11-15(14)20/h3-6,11-12H,7-10H2,1-2H3. The van der Waals surface area contributed by atoms with E-state index in [1.165, 1.54) is 18.2 Å². The van der Waals surface area contributed by atoms with Gasteiger partial charge in [-0.3, -0.25) is 19.7 Å². The third-order valence-electron chi connectivity index (χ3n) is 4.62. The van der Waals surface area contributed by atoms with E-state index in [9.17, 15) is 19.7 Å². The number of halogens is 1. The summed E-state index contributed by atoms with van der Waals surface area (Å²) in [5.74, 6) is 0.271. The van der Waals surface area contributed by atoms with Gasteiger partial charge in [0, 0.05) is 49.8 Å². The Morgan fingerprint density at radius 1 is 1.11 bits per heavy atom. The zero-order valence-electron chi connectivity index (χ0n) is 15.6. The average Bonchev–Trinajstić information content (AvgIpc) is 3.16. The number of rotatable bonds is 4. The summed E-state index contributed by atoms with van der Waals surface area (Å²) < 4.78 is 5.65. The molecule has 28 heavy (non-hydrogen) atoms. The molecule has 2 heterocycles. The Balaban J connectivity index is 1.70. The third kappa shape index (κ3) is 4.01. The van der Waals surface area contributed by atoms with Crippen LogP contribution < -0.4 is 0 Å². The van der Waals surface area contributed by atoms with Crippen molar-refractivity contribution in [2.45, 2.75) is 13.8 Å². The van der Waals surface area contributed by atoms with Crippen molar-refractivity contribution >= 4 is 29.1 Å². The van der Waals surface area contributed by atoms with Crippen LogP contribution in [0.25, 0.3) is 11.3 Å². The van der Waals surface area contributed by atoms with Crippen molar-refractivity contribution in [1.29, 1.82) is 0 Å². The van der Waals surface area contributed by atoms with Crippen molar-refractivity contribution in [1.82, 2.24) is 9.80 Å². The second kappa shape index (κ2) is 8.02. The van der Waals surface area contributed by atoms with Gasteiger partial charge in [-0.15, -0.1) is 0 Å². The molecule has 1 aliphatic rings. The maximum atomic E-state index is 12.7. The van der Waals surface area contributed by atoms with Crippen LogP contribution in [-0.4, -0.2) is 52.7 Å². The smallest absolute Gasteiger partial charge is 0.289 e. The predicted octanol–water partition coefficient (Wildman–Crippen LogP) is 3.45. The molecule has 1 aromatic heterocycles. The Labute approximate surface area is 166 Å². The highest BCUT2D eigenvalue weighted by Gasteiger charge is 2.27. The first-order valence-electron chi connectivity index (χ1n) is 8.90. The van der Waals surface area contributed by atoms with Crippen molar-refractivity contribution in [2.75, 3.05) is 26.2 Å². The summed E-state index contributed by atoms with van der Waals surface area (Å²) in [6.45, 7) is 5.56. The van der Waals surface area contributed by atoms with E-state index in [4.69, 9.17) is 16.0 Å². The summed E-state index contributed by atoms with van der Waals surface area (Å²) in [5, 5.41) is 11.0. The number of hydrogen-bond acceptors (Lipinski definition) is 5. The summed E-state index contributed by atoms with van der Waals surface area (Å²) in [4.78, 5) is 38.4. The Morgan fingerprint density at radius 3 is 2.32 bits per heavy atom. The minimum atomic E-state index is -0.531. The highest BCUT2D eigenvalue weighted by molar-refractivity contribution is 6.33. The first-order valence-corrected chi connectivity index (χ1v) is 9.28. The van der Waals surface area contributed by atoms with Crippen molar-refractivity contribution < 1.29 is 18.9 Å². The fraction of sp³-hybridized carbons (Fsp3) is 0.368. The fourth-order valence-corrected chi connectivity index (χ4v) is 3.33. The van der Waals surface area contributed by atoms with Gasteiger partial charge in [-0.05, 0) is 18.2 Å². The molecule has 1 aliphatic heterocycles. The quantitative estimate of drug-likeness (QED) is 0.573. The lowest BCUT2D eigenvalue weighted by Gasteiger charge is -2.35. The van der Waals surface area contributed by atoms with Crippen molar-refractivity contribution in [3.63, 3.8) is 0 Å². The average molecular weight is 406 g/mol. The van der Waals surface area contributed by atoms with Crippen molar-refractivity contribution in [3.8, 4) is 11.3 Å². The molecule has 0 radical (unpaired) electrons. The van der Waals surface area contributed by atoms with Gasteiger partial charge < -0.3 is 14.2 Å². The second-order valence-electron chi connectivity index (χ2n) is 6.86. The van der Waals surface area contributed by atoms with Crippen molar-refractivity contribution in [2.24, 2.45) is 5.92 Å². The van der Waals surface area contributed by atoms with E-state index in [0.717, 1.165) is 0 Å². The lowest BCUT2D eigenvalue weighted by atomic mass is 10.1. The molecule has 2 amide bonds. The number of nitro benzene ring substituents is 1. The number of benzene rings is 1. The Bertz CT molecular complexity index is 916. The molecule has 0 spiro atoms. The summed E-state index contributed by atoms with van der Waals surface area (Å²) >= 11 is 6.12. The highest BCUT2D eigenvalue weighted by Crippen LogP contribution is 2.32. The van der Waals surface area contributed by atoms with E-state index < -0.39 is 4.92 Å². The lowest BCUT2D eigenvalue weighted by molar-refractivity contribution is -0.384. The Hall–Kier alpha value is -2.87. The van der Waals surface area contributed by atoms with Gasteiger partial charge in [0.15, 0.2) is 5.76 Å². The van der Waals surface area contributed by atoms with E-state index in [0.29, 0.717) is 37.5 Å². The number of furan rings is 1. The van der Waals surface area contributed by atoms with E-state index >= 15 is 0 Å². The molecule has 0 aliphatic carbocycles. The maximum Gasteiger partial charge on any atom is 0.289 e. The van der Waals surface area contributed by atoms with Crippen LogP contribution in [-0.2, 0) is 4.79 Å². The zero-order valence-corrected chi connectivity index (χ0v) is 16.3. The lowest BCUT2D eigenvalue weighted by Crippen LogP contribution is -2.51. The maximum absolute atomic E-state index is 12.7. The van der Waals surface area contributed by atoms with Crippen LogP contribution >= 0.6 is 11.6 Å². The molecule has 8 nitrogen and oxygen atoms in total. The number of non-ortho nitro benzene ring substituents is 1. The number of nitro groups is 1. The van der Waals surface area contributed by atoms with Crippen LogP contribution in [0.15, 0.2) is 34.7 Å². The molecule has 0 unspecified atom stereocenters. The molecule has 1 saturated heterocycles. The van der Waals surface area contributed by atoms with Crippen LogP contribution in [0.5, 0.6) is 0 Å². The van der Waals surface area contributed by atoms with E-state index in [-0.39, 0.29) is 34.2 Å². The molecule has 0 atom stereocenters. The van der Waals surface area contributed by atoms with Gasteiger partial charge in [0.05, 0.1) is 9.95 Å². The summed E-state index contributed by atoms with van der Waals surface area (Å²) in [6.07, 6.45) is 0. The van der Waals surface area contributed by atoms with Crippen LogP contribution in [0.4, 0.5) is 5.69 Å². The van der Waals surface area contributed by atoms with E-state index in [2.05, 4.69) is 0 Å². The van der Waals surface area contributed by atoms with Gasteiger partial charge in [0.2, 0.25) is 5.91 Å². The molecule has 0 N–H and O–H groups in total. The number of nitrogens with zero attached hydrogens (tertiary/aromatic N) is 3. The number of piperazine rings is 1. The normalized spacial score (nSPS) is 14.4. The van der Waals surface area contributed by atoms with Gasteiger partial charge >= 0.3 is 0 Å². The molecular weight excluding hydrogens is 386 g/mol. The topological polar surface area (TPSA) is 96.9 Å². The van der Waals surface area contributed by atoms with Crippen LogP contribution in [0.1, 0.15) is 24.4 Å². The van der Waals surface area contributed by atoms with Gasteiger partial charge in [0.1, 0.15) is 5.76 Å². The van der Waals surface area contributed by atoms with Crippen LogP contribution in [0.2, 0.25) is 5.02 Å². The molecule has 2 aromatic rings. The van der Waals surface area contributed by atoms with Gasteiger partial charge in [-0.25, -0.2) is 0 Å². The largest absolute Gasteiger partial charge is 0.451 e. The molecule has 3 rings (SSSR count). The minimum absolute atomic E-state index is 0.0682. The second-order valence-corrected chi connectivity index (χ2v) is 7.26. The summed E-state index contributed by atoms with van der Waals surface area (Å²) in [6, 6.07) is 7.23. The first kappa shape index (κ1) is 19.9. The van der Waals surface area contributed by atoms with Crippen LogP contribution in [0, 0.1) is 16.0 Å². The Morgan fingerprint density at radius 2 is 1.75 bits per heavy atom. The minimum Gasteiger partial charge on any atom is -0.451 e. The molecule has 9 heteroatoms. The number of carbonyl (C=O) groups is 2. The zero-order chi connectivity index (χ0) is 20.4. The molecule has 1 aromatic carbocycles. The van der Waals surface area contributed by atoms with Crippen molar-refractivity contribution in [3.05, 3.63) is 51.2 Å². The molecule has 0 saturated carbocycles. The number of carbonyl (C=O) groups excluding carboxylic acids is 2. The monoisotopic (exact) mass is 405 g/mol. The van der Waals surface area contributed by atoms with Gasteiger partial charge in [0.25, 0.3) is 11.6 Å². The molecular formula is C19H20ClN3O5.